The number of carboxylic acid groups (broad SMARTS) is 1. The molecule has 1 atom stereocenters. The van der Waals surface area contributed by atoms with Crippen molar-refractivity contribution < 1.29 is 29.0 Å². The summed E-state index contributed by atoms with van der Waals surface area (Å²) in [6, 6.07) is 22.2. The van der Waals surface area contributed by atoms with Gasteiger partial charge in [-0.15, -0.1) is 11.8 Å². The first-order valence-corrected chi connectivity index (χ1v) is 12.5. The van der Waals surface area contributed by atoms with Gasteiger partial charge in [-0.1, -0.05) is 30.3 Å². The number of fused-ring (bicyclic) bond motifs is 1. The van der Waals surface area contributed by atoms with Crippen molar-refractivity contribution in [2.75, 3.05) is 24.9 Å². The number of amides is 2. The number of aromatic carboxylic acids is 1. The van der Waals surface area contributed by atoms with Gasteiger partial charge < -0.3 is 25.2 Å². The highest BCUT2D eigenvalue weighted by Crippen LogP contribution is 2.31. The minimum absolute atomic E-state index is 0.0610. The zero-order valence-corrected chi connectivity index (χ0v) is 21.8. The predicted molar refractivity (Wildman–Crippen MR) is 149 cm³/mol. The number of hydrogen-bond acceptors (Lipinski definition) is 6. The van der Waals surface area contributed by atoms with E-state index in [1.54, 1.807) is 80.8 Å². The third-order valence-corrected chi connectivity index (χ3v) is 6.91. The molecule has 0 aliphatic rings. The summed E-state index contributed by atoms with van der Waals surface area (Å²) in [5, 5.41) is 15.9. The molecule has 4 rings (SSSR count). The molecular formula is C29H26N2O6S. The second kappa shape index (κ2) is 11.7. The standard InChI is InChI=1S/C29H26N2O6S/c1-17(27(32)31-24-14-13-20(36-2)16-25(24)37-3)38-21-10-6-9-19(15-21)30-28(33)22-11-4-7-18-8-5-12-23(26(18)22)29(34)35/h4-17H,1-3H3,(H,30,33)(H,31,32)(H,34,35). The van der Waals surface area contributed by atoms with Gasteiger partial charge in [-0.05, 0) is 54.8 Å². The van der Waals surface area contributed by atoms with Crippen LogP contribution in [0.3, 0.4) is 0 Å². The van der Waals surface area contributed by atoms with E-state index in [4.69, 9.17) is 9.47 Å². The molecule has 0 radical (unpaired) electrons. The molecule has 4 aromatic rings. The van der Waals surface area contributed by atoms with Crippen LogP contribution in [0.2, 0.25) is 0 Å². The molecule has 0 fully saturated rings. The molecule has 3 N–H and O–H groups in total. The largest absolute Gasteiger partial charge is 0.497 e. The zero-order valence-electron chi connectivity index (χ0n) is 21.0. The number of carbonyl (C=O) groups is 3. The Morgan fingerprint density at radius 2 is 1.55 bits per heavy atom. The lowest BCUT2D eigenvalue weighted by atomic mass is 9.98. The fourth-order valence-electron chi connectivity index (χ4n) is 3.95. The molecule has 8 nitrogen and oxygen atoms in total. The van der Waals surface area contributed by atoms with Gasteiger partial charge in [0.25, 0.3) is 5.91 Å². The second-order valence-corrected chi connectivity index (χ2v) is 9.73. The number of anilines is 2. The molecule has 4 aromatic carbocycles. The Morgan fingerprint density at radius 3 is 2.24 bits per heavy atom. The van der Waals surface area contributed by atoms with Crippen LogP contribution >= 0.6 is 11.8 Å². The third kappa shape index (κ3) is 5.90. The molecule has 0 spiro atoms. The van der Waals surface area contributed by atoms with Gasteiger partial charge >= 0.3 is 5.97 Å². The Bertz CT molecular complexity index is 1520. The highest BCUT2D eigenvalue weighted by Gasteiger charge is 2.19. The van der Waals surface area contributed by atoms with Crippen LogP contribution in [0.5, 0.6) is 11.5 Å². The monoisotopic (exact) mass is 530 g/mol. The van der Waals surface area contributed by atoms with Gasteiger partial charge in [0.2, 0.25) is 5.91 Å². The summed E-state index contributed by atoms with van der Waals surface area (Å²) in [5.41, 5.74) is 1.38. The molecule has 194 valence electrons. The minimum Gasteiger partial charge on any atom is -0.497 e. The maximum Gasteiger partial charge on any atom is 0.336 e. The molecule has 9 heteroatoms. The van der Waals surface area contributed by atoms with Crippen LogP contribution in [0.4, 0.5) is 11.4 Å². The first kappa shape index (κ1) is 26.6. The van der Waals surface area contributed by atoms with Gasteiger partial charge in [-0.25, -0.2) is 4.79 Å². The van der Waals surface area contributed by atoms with Gasteiger partial charge in [-0.2, -0.15) is 0 Å². The number of rotatable bonds is 9. The molecule has 2 amide bonds. The summed E-state index contributed by atoms with van der Waals surface area (Å²) < 4.78 is 10.5. The number of ether oxygens (including phenoxy) is 2. The maximum absolute atomic E-state index is 13.2. The van der Waals surface area contributed by atoms with Gasteiger partial charge in [-0.3, -0.25) is 9.59 Å². The fourth-order valence-corrected chi connectivity index (χ4v) is 4.87. The van der Waals surface area contributed by atoms with Gasteiger partial charge in [0, 0.05) is 27.6 Å². The molecule has 0 saturated heterocycles. The number of hydrogen-bond donors (Lipinski definition) is 3. The molecule has 0 saturated carbocycles. The first-order chi connectivity index (χ1) is 18.3. The van der Waals surface area contributed by atoms with Crippen molar-refractivity contribution in [3.8, 4) is 11.5 Å². The Labute approximate surface area is 224 Å². The highest BCUT2D eigenvalue weighted by molar-refractivity contribution is 8.00. The lowest BCUT2D eigenvalue weighted by Gasteiger charge is -2.15. The molecule has 38 heavy (non-hydrogen) atoms. The van der Waals surface area contributed by atoms with Crippen LogP contribution in [0.15, 0.2) is 83.8 Å². The summed E-state index contributed by atoms with van der Waals surface area (Å²) in [7, 11) is 3.07. The molecule has 0 heterocycles. The molecule has 0 bridgehead atoms. The van der Waals surface area contributed by atoms with Crippen molar-refractivity contribution in [1.82, 2.24) is 0 Å². The Balaban J connectivity index is 1.48. The van der Waals surface area contributed by atoms with Crippen molar-refractivity contribution in [2.24, 2.45) is 0 Å². The number of benzene rings is 4. The van der Waals surface area contributed by atoms with E-state index in [0.29, 0.717) is 33.6 Å². The van der Waals surface area contributed by atoms with E-state index in [9.17, 15) is 19.5 Å². The number of methoxy groups -OCH3 is 2. The summed E-state index contributed by atoms with van der Waals surface area (Å²) in [5.74, 6) is -0.648. The quantitative estimate of drug-likeness (QED) is 0.230. The Morgan fingerprint density at radius 1 is 0.842 bits per heavy atom. The highest BCUT2D eigenvalue weighted by atomic mass is 32.2. The molecule has 1 unspecified atom stereocenters. The lowest BCUT2D eigenvalue weighted by molar-refractivity contribution is -0.115. The van der Waals surface area contributed by atoms with Crippen molar-refractivity contribution in [2.45, 2.75) is 17.1 Å². The smallest absolute Gasteiger partial charge is 0.336 e. The first-order valence-electron chi connectivity index (χ1n) is 11.7. The SMILES string of the molecule is COc1ccc(NC(=O)C(C)Sc2cccc(NC(=O)c3cccc4cccc(C(=O)O)c34)c2)c(OC)c1. The average Bonchev–Trinajstić information content (AvgIpc) is 2.92. The van der Waals surface area contributed by atoms with Crippen molar-refractivity contribution >= 4 is 51.7 Å². The topological polar surface area (TPSA) is 114 Å². The van der Waals surface area contributed by atoms with Crippen molar-refractivity contribution in [3.05, 3.63) is 90.0 Å². The third-order valence-electron chi connectivity index (χ3n) is 5.82. The summed E-state index contributed by atoms with van der Waals surface area (Å²) in [4.78, 5) is 38.5. The van der Waals surface area contributed by atoms with Crippen LogP contribution in [-0.4, -0.2) is 42.4 Å². The van der Waals surface area contributed by atoms with E-state index in [0.717, 1.165) is 4.90 Å². The van der Waals surface area contributed by atoms with Crippen LogP contribution in [0.25, 0.3) is 10.8 Å². The van der Waals surface area contributed by atoms with Gasteiger partial charge in [0.15, 0.2) is 0 Å². The number of nitrogens with one attached hydrogen (secondary N) is 2. The zero-order chi connectivity index (χ0) is 27.2. The van der Waals surface area contributed by atoms with E-state index >= 15 is 0 Å². The minimum atomic E-state index is -1.10. The van der Waals surface area contributed by atoms with E-state index < -0.39 is 17.1 Å². The lowest BCUT2D eigenvalue weighted by Crippen LogP contribution is -2.22. The molecule has 0 aliphatic heterocycles. The summed E-state index contributed by atoms with van der Waals surface area (Å²) in [6.07, 6.45) is 0. The number of carbonyl (C=O) groups excluding carboxylic acids is 2. The van der Waals surface area contributed by atoms with Crippen LogP contribution in [0.1, 0.15) is 27.6 Å². The van der Waals surface area contributed by atoms with E-state index in [1.165, 1.54) is 24.9 Å². The average molecular weight is 531 g/mol. The van der Waals surface area contributed by atoms with Crippen LogP contribution in [-0.2, 0) is 4.79 Å². The van der Waals surface area contributed by atoms with Gasteiger partial charge in [0.05, 0.1) is 30.7 Å². The molecule has 0 aromatic heterocycles. The van der Waals surface area contributed by atoms with Crippen molar-refractivity contribution in [1.29, 1.82) is 0 Å². The van der Waals surface area contributed by atoms with E-state index in [1.807, 2.05) is 6.07 Å². The Hall–Kier alpha value is -4.50. The van der Waals surface area contributed by atoms with Gasteiger partial charge in [0.1, 0.15) is 11.5 Å². The number of carboxylic acids is 1. The van der Waals surface area contributed by atoms with Crippen LogP contribution in [0, 0.1) is 0 Å². The van der Waals surface area contributed by atoms with E-state index in [2.05, 4.69) is 10.6 Å². The predicted octanol–water partition coefficient (Wildman–Crippen LogP) is 5.93. The number of thioether (sulfide) groups is 1. The Kier molecular flexibility index (Phi) is 8.18. The fraction of sp³-hybridized carbons (Fsp3) is 0.138. The second-order valence-electron chi connectivity index (χ2n) is 8.31. The summed E-state index contributed by atoms with van der Waals surface area (Å²) >= 11 is 1.33. The van der Waals surface area contributed by atoms with Crippen LogP contribution < -0.4 is 20.1 Å². The van der Waals surface area contributed by atoms with Crippen molar-refractivity contribution in [3.63, 3.8) is 0 Å². The summed E-state index contributed by atoms with van der Waals surface area (Å²) in [6.45, 7) is 1.78. The molecule has 0 aliphatic carbocycles. The van der Waals surface area contributed by atoms with E-state index in [-0.39, 0.29) is 17.0 Å². The maximum atomic E-state index is 13.2. The normalized spacial score (nSPS) is 11.4. The molecular weight excluding hydrogens is 504 g/mol.